The Balaban J connectivity index is 1.66. The number of anilines is 1. The van der Waals surface area contributed by atoms with E-state index in [1.807, 2.05) is 13.8 Å². The number of ether oxygens (including phenoxy) is 1. The number of nitrogens with two attached hydrogens (primary N) is 1. The van der Waals surface area contributed by atoms with Gasteiger partial charge in [-0.05, 0) is 55.7 Å². The Morgan fingerprint density at radius 3 is 2.62 bits per heavy atom. The number of carbonyl (C=O) groups is 2. The van der Waals surface area contributed by atoms with Crippen molar-refractivity contribution in [2.45, 2.75) is 70.7 Å². The molecule has 0 saturated heterocycles. The first-order valence-electron chi connectivity index (χ1n) is 12.1. The van der Waals surface area contributed by atoms with Gasteiger partial charge >= 0.3 is 6.18 Å². The van der Waals surface area contributed by atoms with Gasteiger partial charge in [0.05, 0.1) is 41.4 Å². The molecule has 200 valence electrons. The fourth-order valence-corrected chi connectivity index (χ4v) is 5.16. The second-order valence-electron chi connectivity index (χ2n) is 10.4. The Bertz CT molecular complexity index is 1210. The number of benzene rings is 1. The molecule has 1 amide bonds. The number of carbonyl (C=O) groups excluding carboxylic acids is 2. The van der Waals surface area contributed by atoms with Gasteiger partial charge in [-0.1, -0.05) is 19.0 Å². The van der Waals surface area contributed by atoms with Crippen LogP contribution in [0.15, 0.2) is 23.4 Å². The van der Waals surface area contributed by atoms with Gasteiger partial charge in [0.1, 0.15) is 0 Å². The highest BCUT2D eigenvalue weighted by Crippen LogP contribution is 2.42. The van der Waals surface area contributed by atoms with Crippen molar-refractivity contribution in [1.29, 1.82) is 0 Å². The maximum absolute atomic E-state index is 13.8. The van der Waals surface area contributed by atoms with E-state index < -0.39 is 29.0 Å². The number of halogens is 3. The second kappa shape index (κ2) is 10.2. The van der Waals surface area contributed by atoms with E-state index in [1.165, 1.54) is 23.0 Å². The number of ketones is 1. The third-order valence-corrected chi connectivity index (χ3v) is 6.85. The van der Waals surface area contributed by atoms with Crippen LogP contribution in [0.2, 0.25) is 0 Å². The van der Waals surface area contributed by atoms with Crippen LogP contribution in [0.3, 0.4) is 0 Å². The van der Waals surface area contributed by atoms with Crippen molar-refractivity contribution in [3.05, 3.63) is 40.7 Å². The quantitative estimate of drug-likeness (QED) is 0.282. The fraction of sp³-hybridized carbons (Fsp3) is 0.520. The largest absolute Gasteiger partial charge is 0.435 e. The summed E-state index contributed by atoms with van der Waals surface area (Å²) in [4.78, 5) is 24.9. The number of oxime groups is 1. The number of nitrogens with zero attached hydrogens (tertiary/aromatic N) is 3. The molecule has 1 saturated carbocycles. The fourth-order valence-electron chi connectivity index (χ4n) is 5.16. The predicted octanol–water partition coefficient (Wildman–Crippen LogP) is 4.34. The van der Waals surface area contributed by atoms with Crippen molar-refractivity contribution in [3.8, 4) is 5.69 Å². The van der Waals surface area contributed by atoms with Crippen molar-refractivity contribution in [1.82, 2.24) is 9.78 Å². The Kier molecular flexibility index (Phi) is 7.31. The topological polar surface area (TPSA) is 132 Å². The summed E-state index contributed by atoms with van der Waals surface area (Å²) >= 11 is 0. The standard InChI is InChI=1S/C25H30F3N5O4/c1-24(2)12-19-21(20(34)13-24)22(25(26,27)28)32-33(19)15-5-8-17(23(29)35)18(11-15)31-14-3-6-16(7-4-14)37-10-9-30-36/h5,8-9,11,14,16,31,36H,3-4,6-7,10,12-13H2,1-2H3,(H2,29,35)/b30-9-. The smallest absolute Gasteiger partial charge is 0.411 e. The van der Waals surface area contributed by atoms with Crippen molar-refractivity contribution in [2.75, 3.05) is 11.9 Å². The molecule has 2 aliphatic carbocycles. The van der Waals surface area contributed by atoms with Crippen LogP contribution < -0.4 is 11.1 Å². The zero-order valence-corrected chi connectivity index (χ0v) is 20.6. The van der Waals surface area contributed by atoms with E-state index in [0.29, 0.717) is 11.4 Å². The average Bonchev–Trinajstić information content (AvgIpc) is 3.19. The molecule has 0 radical (unpaired) electrons. The first-order valence-corrected chi connectivity index (χ1v) is 12.1. The second-order valence-corrected chi connectivity index (χ2v) is 10.4. The number of aromatic nitrogens is 2. The minimum absolute atomic E-state index is 0.00137. The number of fused-ring (bicyclic) bond motifs is 1. The van der Waals surface area contributed by atoms with Crippen molar-refractivity contribution < 1.29 is 32.7 Å². The van der Waals surface area contributed by atoms with Crippen LogP contribution in [0.4, 0.5) is 18.9 Å². The molecule has 0 aliphatic heterocycles. The molecule has 1 fully saturated rings. The van der Waals surface area contributed by atoms with Crippen molar-refractivity contribution in [2.24, 2.45) is 16.3 Å². The highest BCUT2D eigenvalue weighted by molar-refractivity contribution is 6.00. The van der Waals surface area contributed by atoms with Gasteiger partial charge in [-0.15, -0.1) is 0 Å². The van der Waals surface area contributed by atoms with Crippen LogP contribution in [-0.4, -0.2) is 51.6 Å². The number of amides is 1. The number of rotatable bonds is 7. The zero-order valence-electron chi connectivity index (χ0n) is 20.6. The SMILES string of the molecule is CC1(C)CC(=O)c2c(C(F)(F)F)nn(-c3ccc(C(N)=O)c(NC4CCC(OC/C=N\O)CC4)c3)c2C1. The normalized spacial score (nSPS) is 21.7. The van der Waals surface area contributed by atoms with Gasteiger partial charge in [-0.2, -0.15) is 18.3 Å². The molecule has 4 rings (SSSR count). The molecule has 1 aromatic carbocycles. The molecule has 37 heavy (non-hydrogen) atoms. The number of hydrogen-bond acceptors (Lipinski definition) is 7. The number of hydrogen-bond donors (Lipinski definition) is 3. The molecule has 1 heterocycles. The van der Waals surface area contributed by atoms with Crippen molar-refractivity contribution in [3.63, 3.8) is 0 Å². The van der Waals surface area contributed by atoms with Crippen LogP contribution in [-0.2, 0) is 17.3 Å². The molecular formula is C25H30F3N5O4. The van der Waals surface area contributed by atoms with Crippen LogP contribution in [0.1, 0.15) is 78.1 Å². The molecule has 0 bridgehead atoms. The summed E-state index contributed by atoms with van der Waals surface area (Å²) in [6, 6.07) is 4.48. The minimum atomic E-state index is -4.79. The lowest BCUT2D eigenvalue weighted by molar-refractivity contribution is -0.141. The van der Waals surface area contributed by atoms with Crippen LogP contribution >= 0.6 is 0 Å². The lowest BCUT2D eigenvalue weighted by atomic mass is 9.75. The number of nitrogens with one attached hydrogen (secondary N) is 1. The van der Waals surface area contributed by atoms with E-state index in [-0.39, 0.29) is 48.4 Å². The molecule has 0 spiro atoms. The molecular weight excluding hydrogens is 491 g/mol. The summed E-state index contributed by atoms with van der Waals surface area (Å²) in [7, 11) is 0. The van der Waals surface area contributed by atoms with Gasteiger partial charge in [0.2, 0.25) is 0 Å². The van der Waals surface area contributed by atoms with Crippen LogP contribution in [0, 0.1) is 5.41 Å². The molecule has 4 N–H and O–H groups in total. The van der Waals surface area contributed by atoms with Crippen molar-refractivity contribution >= 4 is 23.6 Å². The van der Waals surface area contributed by atoms with E-state index in [1.54, 1.807) is 6.07 Å². The summed E-state index contributed by atoms with van der Waals surface area (Å²) in [6.45, 7) is 3.87. The maximum Gasteiger partial charge on any atom is 0.435 e. The zero-order chi connectivity index (χ0) is 27.0. The molecule has 1 aromatic heterocycles. The van der Waals surface area contributed by atoms with Gasteiger partial charge in [0, 0.05) is 18.2 Å². The predicted molar refractivity (Wildman–Crippen MR) is 129 cm³/mol. The third-order valence-electron chi connectivity index (χ3n) is 6.85. The summed E-state index contributed by atoms with van der Waals surface area (Å²) < 4.78 is 48.3. The van der Waals surface area contributed by atoms with Gasteiger partial charge in [0.25, 0.3) is 5.91 Å². The maximum atomic E-state index is 13.8. The molecule has 2 aromatic rings. The summed E-state index contributed by atoms with van der Waals surface area (Å²) in [5, 5.41) is 18.6. The summed E-state index contributed by atoms with van der Waals surface area (Å²) in [6.07, 6.45) is -0.350. The van der Waals surface area contributed by atoms with Gasteiger partial charge in [-0.25, -0.2) is 4.68 Å². The monoisotopic (exact) mass is 521 g/mol. The van der Waals surface area contributed by atoms with Gasteiger partial charge < -0.3 is 21.0 Å². The van der Waals surface area contributed by atoms with E-state index in [2.05, 4.69) is 15.6 Å². The molecule has 9 nitrogen and oxygen atoms in total. The highest BCUT2D eigenvalue weighted by Gasteiger charge is 2.45. The molecule has 12 heteroatoms. The van der Waals surface area contributed by atoms with E-state index in [9.17, 15) is 22.8 Å². The lowest BCUT2D eigenvalue weighted by Crippen LogP contribution is -2.31. The average molecular weight is 522 g/mol. The Morgan fingerprint density at radius 1 is 1.30 bits per heavy atom. The van der Waals surface area contributed by atoms with Crippen LogP contribution in [0.5, 0.6) is 0 Å². The first-order chi connectivity index (χ1) is 17.4. The Hall–Kier alpha value is -3.41. The van der Waals surface area contributed by atoms with Gasteiger partial charge in [0.15, 0.2) is 11.5 Å². The Labute approximate surface area is 211 Å². The first kappa shape index (κ1) is 26.6. The van der Waals surface area contributed by atoms with Gasteiger partial charge in [-0.3, -0.25) is 9.59 Å². The summed E-state index contributed by atoms with van der Waals surface area (Å²) in [5.74, 6) is -1.26. The third kappa shape index (κ3) is 5.79. The number of primary amides is 1. The van der Waals surface area contributed by atoms with E-state index in [0.717, 1.165) is 25.7 Å². The van der Waals surface area contributed by atoms with E-state index in [4.69, 9.17) is 15.7 Å². The summed E-state index contributed by atoms with van der Waals surface area (Å²) in [5.41, 5.74) is 4.57. The lowest BCUT2D eigenvalue weighted by Gasteiger charge is -2.30. The molecule has 2 aliphatic rings. The Morgan fingerprint density at radius 2 is 2.00 bits per heavy atom. The molecule has 0 atom stereocenters. The minimum Gasteiger partial charge on any atom is -0.411 e. The van der Waals surface area contributed by atoms with Crippen LogP contribution in [0.25, 0.3) is 5.69 Å². The molecule has 0 unspecified atom stereocenters. The van der Waals surface area contributed by atoms with E-state index >= 15 is 0 Å². The highest BCUT2D eigenvalue weighted by atomic mass is 19.4. The number of alkyl halides is 3. The number of Topliss-reactive ketones (excluding diaryl/α,β-unsaturated/α-hetero) is 1.